The second-order valence-electron chi connectivity index (χ2n) is 6.31. The Hall–Kier alpha value is -1.24. The summed E-state index contributed by atoms with van der Waals surface area (Å²) in [5.74, 6) is 1.87. The van der Waals surface area contributed by atoms with Crippen LogP contribution < -0.4 is 4.74 Å². The lowest BCUT2D eigenvalue weighted by atomic mass is 9.75. The molecule has 1 heteroatoms. The van der Waals surface area contributed by atoms with Gasteiger partial charge < -0.3 is 4.74 Å². The van der Waals surface area contributed by atoms with Gasteiger partial charge in [0.2, 0.25) is 0 Å². The van der Waals surface area contributed by atoms with Crippen molar-refractivity contribution in [2.24, 2.45) is 5.92 Å². The molecule has 0 aliphatic heterocycles. The Labute approximate surface area is 110 Å². The molecule has 0 bridgehead atoms. The Morgan fingerprint density at radius 1 is 1.28 bits per heavy atom. The number of hydrogen-bond acceptors (Lipinski definition) is 1. The van der Waals surface area contributed by atoms with E-state index in [0.717, 1.165) is 11.7 Å². The monoisotopic (exact) mass is 242 g/mol. The van der Waals surface area contributed by atoms with Gasteiger partial charge in [0, 0.05) is 11.0 Å². The van der Waals surface area contributed by atoms with Gasteiger partial charge in [-0.3, -0.25) is 0 Å². The molecular formula is C17H22O. The fraction of sp³-hybridized carbons (Fsp3) is 0.529. The maximum absolute atomic E-state index is 5.60. The van der Waals surface area contributed by atoms with E-state index in [9.17, 15) is 0 Å². The Morgan fingerprint density at radius 2 is 2.06 bits per heavy atom. The summed E-state index contributed by atoms with van der Waals surface area (Å²) < 4.78 is 5.60. The number of fused-ring (bicyclic) bond motifs is 2. The Morgan fingerprint density at radius 3 is 2.78 bits per heavy atom. The molecule has 0 radical (unpaired) electrons. The molecule has 0 aromatic heterocycles. The van der Waals surface area contributed by atoms with E-state index in [1.165, 1.54) is 30.4 Å². The summed E-state index contributed by atoms with van der Waals surface area (Å²) in [6.45, 7) is 7.08. The minimum Gasteiger partial charge on any atom is -0.496 e. The van der Waals surface area contributed by atoms with Crippen LogP contribution in [0.5, 0.6) is 5.75 Å². The highest BCUT2D eigenvalue weighted by Crippen LogP contribution is 2.55. The van der Waals surface area contributed by atoms with Gasteiger partial charge in [0.05, 0.1) is 7.11 Å². The van der Waals surface area contributed by atoms with Crippen molar-refractivity contribution in [2.45, 2.75) is 45.4 Å². The lowest BCUT2D eigenvalue weighted by molar-refractivity contribution is 0.399. The third kappa shape index (κ3) is 1.46. The van der Waals surface area contributed by atoms with Crippen LogP contribution in [-0.4, -0.2) is 7.11 Å². The van der Waals surface area contributed by atoms with Gasteiger partial charge in [0.1, 0.15) is 5.75 Å². The van der Waals surface area contributed by atoms with Crippen molar-refractivity contribution in [3.8, 4) is 5.75 Å². The van der Waals surface area contributed by atoms with E-state index in [1.54, 1.807) is 18.3 Å². The first-order valence-electron chi connectivity index (χ1n) is 6.96. The number of rotatable bonds is 1. The minimum atomic E-state index is 0.150. The third-order valence-electron chi connectivity index (χ3n) is 4.75. The molecule has 96 valence electrons. The van der Waals surface area contributed by atoms with Gasteiger partial charge in [-0.25, -0.2) is 0 Å². The molecule has 0 amide bonds. The van der Waals surface area contributed by atoms with Crippen LogP contribution in [0.2, 0.25) is 0 Å². The fourth-order valence-electron chi connectivity index (χ4n) is 3.83. The standard InChI is InChI=1S/C17H22O/c1-11-8-9-14-13(10-11)12-6-5-7-15(18-4)16(12)17(14,2)3/h5-7,11H,8-10H2,1-4H3. The topological polar surface area (TPSA) is 9.23 Å². The average molecular weight is 242 g/mol. The van der Waals surface area contributed by atoms with Crippen molar-refractivity contribution in [3.05, 3.63) is 34.9 Å². The number of ether oxygens (including phenoxy) is 1. The van der Waals surface area contributed by atoms with Crippen LogP contribution >= 0.6 is 0 Å². The summed E-state index contributed by atoms with van der Waals surface area (Å²) in [6, 6.07) is 6.51. The summed E-state index contributed by atoms with van der Waals surface area (Å²) in [5.41, 5.74) is 6.26. The van der Waals surface area contributed by atoms with Crippen LogP contribution in [0.15, 0.2) is 23.8 Å². The van der Waals surface area contributed by atoms with E-state index in [2.05, 4.69) is 39.0 Å². The predicted molar refractivity (Wildman–Crippen MR) is 76.0 cm³/mol. The summed E-state index contributed by atoms with van der Waals surface area (Å²) >= 11 is 0. The first-order valence-corrected chi connectivity index (χ1v) is 6.96. The molecule has 0 N–H and O–H groups in total. The molecule has 2 aliphatic carbocycles. The van der Waals surface area contributed by atoms with Crippen LogP contribution in [0.3, 0.4) is 0 Å². The first kappa shape index (κ1) is 11.8. The molecule has 3 rings (SSSR count). The van der Waals surface area contributed by atoms with Crippen molar-refractivity contribution in [3.63, 3.8) is 0 Å². The van der Waals surface area contributed by atoms with Crippen molar-refractivity contribution in [1.82, 2.24) is 0 Å². The Balaban J connectivity index is 2.22. The lowest BCUT2D eigenvalue weighted by Gasteiger charge is -2.29. The second-order valence-corrected chi connectivity index (χ2v) is 6.31. The first-order chi connectivity index (χ1) is 8.55. The normalized spacial score (nSPS) is 24.8. The van der Waals surface area contributed by atoms with E-state index in [0.29, 0.717) is 0 Å². The van der Waals surface area contributed by atoms with E-state index in [4.69, 9.17) is 4.74 Å². The Kier molecular flexibility index (Phi) is 2.55. The van der Waals surface area contributed by atoms with Gasteiger partial charge in [0.25, 0.3) is 0 Å². The molecular weight excluding hydrogens is 220 g/mol. The summed E-state index contributed by atoms with van der Waals surface area (Å²) in [4.78, 5) is 0. The molecule has 0 saturated heterocycles. The average Bonchev–Trinajstić information content (AvgIpc) is 2.58. The van der Waals surface area contributed by atoms with Crippen LogP contribution in [0.25, 0.3) is 5.57 Å². The fourth-order valence-corrected chi connectivity index (χ4v) is 3.83. The van der Waals surface area contributed by atoms with E-state index < -0.39 is 0 Å². The van der Waals surface area contributed by atoms with Crippen LogP contribution in [0, 0.1) is 5.92 Å². The molecule has 0 fully saturated rings. The molecule has 0 spiro atoms. The van der Waals surface area contributed by atoms with Gasteiger partial charge in [-0.15, -0.1) is 0 Å². The zero-order chi connectivity index (χ0) is 12.9. The highest BCUT2D eigenvalue weighted by Gasteiger charge is 2.41. The predicted octanol–water partition coefficient (Wildman–Crippen LogP) is 4.56. The van der Waals surface area contributed by atoms with Crippen molar-refractivity contribution in [1.29, 1.82) is 0 Å². The molecule has 1 aromatic carbocycles. The second kappa shape index (κ2) is 3.88. The Bertz CT molecular complexity index is 522. The summed E-state index contributed by atoms with van der Waals surface area (Å²) in [5, 5.41) is 0. The van der Waals surface area contributed by atoms with Crippen molar-refractivity contribution in [2.75, 3.05) is 7.11 Å². The maximum Gasteiger partial charge on any atom is 0.123 e. The highest BCUT2D eigenvalue weighted by atomic mass is 16.5. The zero-order valence-corrected chi connectivity index (χ0v) is 11.8. The third-order valence-corrected chi connectivity index (χ3v) is 4.75. The largest absolute Gasteiger partial charge is 0.496 e. The van der Waals surface area contributed by atoms with Gasteiger partial charge in [-0.1, -0.05) is 38.5 Å². The number of allylic oxidation sites excluding steroid dienone is 2. The molecule has 18 heavy (non-hydrogen) atoms. The minimum absolute atomic E-state index is 0.150. The van der Waals surface area contributed by atoms with Gasteiger partial charge in [-0.2, -0.15) is 0 Å². The van der Waals surface area contributed by atoms with E-state index in [-0.39, 0.29) is 5.41 Å². The lowest BCUT2D eigenvalue weighted by Crippen LogP contribution is -2.20. The molecule has 1 aromatic rings. The summed E-state index contributed by atoms with van der Waals surface area (Å²) in [6.07, 6.45) is 3.82. The highest BCUT2D eigenvalue weighted by molar-refractivity contribution is 5.82. The number of benzene rings is 1. The van der Waals surface area contributed by atoms with Crippen molar-refractivity contribution >= 4 is 5.57 Å². The maximum atomic E-state index is 5.60. The van der Waals surface area contributed by atoms with E-state index >= 15 is 0 Å². The number of hydrogen-bond donors (Lipinski definition) is 0. The van der Waals surface area contributed by atoms with Gasteiger partial charge >= 0.3 is 0 Å². The molecule has 0 heterocycles. The molecule has 1 unspecified atom stereocenters. The van der Waals surface area contributed by atoms with Crippen LogP contribution in [0.1, 0.15) is 51.2 Å². The molecule has 1 atom stereocenters. The molecule has 2 aliphatic rings. The zero-order valence-electron chi connectivity index (χ0n) is 11.8. The van der Waals surface area contributed by atoms with Crippen LogP contribution in [-0.2, 0) is 5.41 Å². The number of methoxy groups -OCH3 is 1. The SMILES string of the molecule is COc1cccc2c1C(C)(C)C1=C2CC(C)CC1. The van der Waals surface area contributed by atoms with Gasteiger partial charge in [0.15, 0.2) is 0 Å². The smallest absolute Gasteiger partial charge is 0.123 e. The quantitative estimate of drug-likeness (QED) is 0.701. The molecule has 1 nitrogen and oxygen atoms in total. The van der Waals surface area contributed by atoms with Crippen LogP contribution in [0.4, 0.5) is 0 Å². The van der Waals surface area contributed by atoms with Crippen molar-refractivity contribution < 1.29 is 4.74 Å². The molecule has 0 saturated carbocycles. The summed E-state index contributed by atoms with van der Waals surface area (Å²) in [7, 11) is 1.78. The van der Waals surface area contributed by atoms with E-state index in [1.807, 2.05) is 0 Å². The van der Waals surface area contributed by atoms with Gasteiger partial charge in [-0.05, 0) is 42.4 Å².